The second kappa shape index (κ2) is 4.30. The fraction of sp³-hybridized carbons (Fsp3) is 1.00. The Kier molecular flexibility index (Phi) is 4.65. The van der Waals surface area contributed by atoms with Crippen LogP contribution in [0.3, 0.4) is 0 Å². The molecule has 0 heterocycles. The third kappa shape index (κ3) is 4.41. The Morgan fingerprint density at radius 2 is 1.31 bits per heavy atom. The summed E-state index contributed by atoms with van der Waals surface area (Å²) < 4.78 is -1.63. The van der Waals surface area contributed by atoms with Gasteiger partial charge in [0.15, 0.2) is 5.12 Å². The lowest BCUT2D eigenvalue weighted by Gasteiger charge is -2.39. The molecular formula is C7H14Cl4N2. The van der Waals surface area contributed by atoms with E-state index in [4.69, 9.17) is 46.4 Å². The first-order valence-electron chi connectivity index (χ1n) is 3.76. The first-order chi connectivity index (χ1) is 5.52. The second-order valence-electron chi connectivity index (χ2n) is 3.78. The lowest BCUT2D eigenvalue weighted by Crippen LogP contribution is -2.64. The molecule has 0 saturated carbocycles. The Morgan fingerprint density at radius 1 is 0.923 bits per heavy atom. The van der Waals surface area contributed by atoms with E-state index in [1.54, 1.807) is 7.05 Å². The van der Waals surface area contributed by atoms with Gasteiger partial charge in [0.1, 0.15) is 0 Å². The molecule has 0 amide bonds. The summed E-state index contributed by atoms with van der Waals surface area (Å²) in [4.78, 5) is 0. The topological polar surface area (TPSA) is 24.1 Å². The number of alkyl halides is 4. The zero-order valence-corrected chi connectivity index (χ0v) is 11.0. The highest BCUT2D eigenvalue weighted by molar-refractivity contribution is 6.70. The molecule has 0 radical (unpaired) electrons. The van der Waals surface area contributed by atoms with Crippen LogP contribution in [-0.4, -0.2) is 21.5 Å². The highest BCUT2D eigenvalue weighted by Crippen LogP contribution is 2.40. The molecule has 2 N–H and O–H groups in total. The van der Waals surface area contributed by atoms with Crippen LogP contribution in [0.15, 0.2) is 0 Å². The van der Waals surface area contributed by atoms with Crippen molar-refractivity contribution in [2.45, 2.75) is 35.2 Å². The molecule has 0 rings (SSSR count). The van der Waals surface area contributed by atoms with E-state index in [9.17, 15) is 0 Å². The second-order valence-corrected chi connectivity index (χ2v) is 6.63. The smallest absolute Gasteiger partial charge is 0.235 e. The minimum absolute atomic E-state index is 0.255. The zero-order valence-electron chi connectivity index (χ0n) is 8.01. The Morgan fingerprint density at radius 3 is 1.38 bits per heavy atom. The van der Waals surface area contributed by atoms with Crippen molar-refractivity contribution < 1.29 is 0 Å². The molecule has 80 valence electrons. The molecule has 6 heteroatoms. The molecule has 0 spiro atoms. The van der Waals surface area contributed by atoms with Crippen LogP contribution in [0.25, 0.3) is 0 Å². The van der Waals surface area contributed by atoms with Crippen molar-refractivity contribution >= 4 is 46.4 Å². The van der Waals surface area contributed by atoms with Crippen LogP contribution in [0.2, 0.25) is 0 Å². The van der Waals surface area contributed by atoms with E-state index in [1.165, 1.54) is 0 Å². The summed E-state index contributed by atoms with van der Waals surface area (Å²) >= 11 is 23.2. The summed E-state index contributed by atoms with van der Waals surface area (Å²) in [6.45, 7) is 5.79. The average molecular weight is 268 g/mol. The van der Waals surface area contributed by atoms with Crippen molar-refractivity contribution in [3.8, 4) is 0 Å². The number of hydrogen-bond donors (Lipinski definition) is 2. The van der Waals surface area contributed by atoms with Gasteiger partial charge in [0, 0.05) is 5.54 Å². The molecule has 0 bridgehead atoms. The van der Waals surface area contributed by atoms with Gasteiger partial charge in [0.25, 0.3) is 0 Å². The van der Waals surface area contributed by atoms with Gasteiger partial charge in [0.2, 0.25) is 3.79 Å². The van der Waals surface area contributed by atoms with Crippen molar-refractivity contribution in [3.05, 3.63) is 0 Å². The normalized spacial score (nSPS) is 18.5. The fourth-order valence-corrected chi connectivity index (χ4v) is 1.50. The van der Waals surface area contributed by atoms with Gasteiger partial charge in [-0.1, -0.05) is 46.4 Å². The number of rotatable bonds is 2. The highest BCUT2D eigenvalue weighted by Gasteiger charge is 2.48. The first kappa shape index (κ1) is 14.1. The van der Waals surface area contributed by atoms with E-state index in [0.29, 0.717) is 0 Å². The lowest BCUT2D eigenvalue weighted by atomic mass is 10.1. The largest absolute Gasteiger partial charge is 0.286 e. The van der Waals surface area contributed by atoms with Crippen molar-refractivity contribution in [2.75, 3.05) is 7.05 Å². The Labute approximate surface area is 99.2 Å². The summed E-state index contributed by atoms with van der Waals surface area (Å²) in [5.41, 5.74) is -0.255. The van der Waals surface area contributed by atoms with E-state index in [-0.39, 0.29) is 5.54 Å². The van der Waals surface area contributed by atoms with Crippen molar-refractivity contribution in [1.29, 1.82) is 0 Å². The van der Waals surface area contributed by atoms with Gasteiger partial charge in [-0.25, -0.2) is 0 Å². The maximum absolute atomic E-state index is 6.07. The first-order valence-corrected chi connectivity index (χ1v) is 5.27. The number of nitrogens with one attached hydrogen (secondary N) is 2. The standard InChI is InChI=1S/C7H14Cl4N2/c1-5(2,3)13-7(11,12-4)6(8,9)10/h12-13H,1-4H3. The van der Waals surface area contributed by atoms with Crippen LogP contribution in [0.5, 0.6) is 0 Å². The zero-order chi connectivity index (χ0) is 10.9. The third-order valence-electron chi connectivity index (χ3n) is 1.28. The van der Waals surface area contributed by atoms with Gasteiger partial charge in [-0.05, 0) is 27.8 Å². The minimum atomic E-state index is -1.63. The molecule has 1 unspecified atom stereocenters. The molecular weight excluding hydrogens is 254 g/mol. The summed E-state index contributed by atoms with van der Waals surface area (Å²) in [5, 5.41) is 4.45. The van der Waals surface area contributed by atoms with Crippen molar-refractivity contribution in [2.24, 2.45) is 0 Å². The Hall–Kier alpha value is 1.08. The van der Waals surface area contributed by atoms with Gasteiger partial charge >= 0.3 is 0 Å². The van der Waals surface area contributed by atoms with Crippen molar-refractivity contribution in [3.63, 3.8) is 0 Å². The highest BCUT2D eigenvalue weighted by atomic mass is 35.6. The SMILES string of the molecule is CNC(Cl)(NC(C)(C)C)C(Cl)(Cl)Cl. The fourth-order valence-electron chi connectivity index (χ4n) is 0.792. The summed E-state index contributed by atoms with van der Waals surface area (Å²) in [6.07, 6.45) is 0. The monoisotopic (exact) mass is 266 g/mol. The van der Waals surface area contributed by atoms with Crippen molar-refractivity contribution in [1.82, 2.24) is 10.6 Å². The molecule has 0 aliphatic rings. The van der Waals surface area contributed by atoms with Crippen LogP contribution in [-0.2, 0) is 0 Å². The minimum Gasteiger partial charge on any atom is -0.286 e. The molecule has 0 aromatic carbocycles. The Bertz CT molecular complexity index is 172. The molecule has 13 heavy (non-hydrogen) atoms. The lowest BCUT2D eigenvalue weighted by molar-refractivity contribution is 0.296. The van der Waals surface area contributed by atoms with Gasteiger partial charge in [-0.3, -0.25) is 10.6 Å². The predicted octanol–water partition coefficient (Wildman–Crippen LogP) is 2.86. The molecule has 0 aromatic heterocycles. The molecule has 1 atom stereocenters. The van der Waals surface area contributed by atoms with Gasteiger partial charge in [-0.2, -0.15) is 0 Å². The van der Waals surface area contributed by atoms with E-state index in [2.05, 4.69) is 10.6 Å². The summed E-state index contributed by atoms with van der Waals surface area (Å²) in [5.74, 6) is 0. The molecule has 0 aliphatic carbocycles. The van der Waals surface area contributed by atoms with E-state index < -0.39 is 8.91 Å². The third-order valence-corrected chi connectivity index (χ3v) is 2.99. The summed E-state index contributed by atoms with van der Waals surface area (Å²) in [6, 6.07) is 0. The van der Waals surface area contributed by atoms with Crippen LogP contribution < -0.4 is 10.6 Å². The summed E-state index contributed by atoms with van der Waals surface area (Å²) in [7, 11) is 1.62. The van der Waals surface area contributed by atoms with Crippen LogP contribution >= 0.6 is 46.4 Å². The van der Waals surface area contributed by atoms with Crippen LogP contribution in [0.4, 0.5) is 0 Å². The van der Waals surface area contributed by atoms with Crippen LogP contribution in [0.1, 0.15) is 20.8 Å². The van der Waals surface area contributed by atoms with E-state index >= 15 is 0 Å². The van der Waals surface area contributed by atoms with Crippen LogP contribution in [0, 0.1) is 0 Å². The maximum atomic E-state index is 6.07. The number of hydrogen-bond acceptors (Lipinski definition) is 2. The van der Waals surface area contributed by atoms with E-state index in [0.717, 1.165) is 0 Å². The number of halogens is 4. The quantitative estimate of drug-likeness (QED) is 0.457. The average Bonchev–Trinajstić information content (AvgIpc) is 1.81. The maximum Gasteiger partial charge on any atom is 0.235 e. The molecule has 0 aliphatic heterocycles. The van der Waals surface area contributed by atoms with Gasteiger partial charge < -0.3 is 0 Å². The predicted molar refractivity (Wildman–Crippen MR) is 60.8 cm³/mol. The molecule has 2 nitrogen and oxygen atoms in total. The molecule has 0 fully saturated rings. The van der Waals surface area contributed by atoms with Gasteiger partial charge in [-0.15, -0.1) is 0 Å². The van der Waals surface area contributed by atoms with E-state index in [1.807, 2.05) is 20.8 Å². The molecule has 0 saturated heterocycles. The molecule has 0 aromatic rings. The van der Waals surface area contributed by atoms with Gasteiger partial charge in [0.05, 0.1) is 0 Å². The Balaban J connectivity index is 4.67.